The highest BCUT2D eigenvalue weighted by atomic mass is 16.4. The molecular weight excluding hydrogens is 316 g/mol. The number of aromatic nitrogens is 1. The minimum absolute atomic E-state index is 0.0194. The molecule has 0 spiro atoms. The standard InChI is InChI=1S/C20H18N2O3/c1-20(19(24)25,15-8-3-2-4-9-15)13-22-18(23)17-12-21-11-14-7-5-6-10-16(14)17/h2-12H,13H2,1H3,(H,22,23)(H,24,25). The van der Waals surface area contributed by atoms with Crippen LogP contribution in [0.3, 0.4) is 0 Å². The average Bonchev–Trinajstić information content (AvgIpc) is 2.66. The van der Waals surface area contributed by atoms with Gasteiger partial charge < -0.3 is 10.4 Å². The van der Waals surface area contributed by atoms with Gasteiger partial charge in [0.25, 0.3) is 5.91 Å². The van der Waals surface area contributed by atoms with Gasteiger partial charge in [-0.25, -0.2) is 0 Å². The van der Waals surface area contributed by atoms with E-state index in [1.807, 2.05) is 30.3 Å². The lowest BCUT2D eigenvalue weighted by molar-refractivity contribution is -0.142. The van der Waals surface area contributed by atoms with Gasteiger partial charge in [-0.3, -0.25) is 14.6 Å². The summed E-state index contributed by atoms with van der Waals surface area (Å²) < 4.78 is 0. The number of rotatable bonds is 5. The van der Waals surface area contributed by atoms with Crippen LogP contribution in [0.15, 0.2) is 67.0 Å². The summed E-state index contributed by atoms with van der Waals surface area (Å²) in [5, 5.41) is 14.1. The predicted molar refractivity (Wildman–Crippen MR) is 95.5 cm³/mol. The number of nitrogens with one attached hydrogen (secondary N) is 1. The van der Waals surface area contributed by atoms with Crippen molar-refractivity contribution in [1.82, 2.24) is 10.3 Å². The summed E-state index contributed by atoms with van der Waals surface area (Å²) in [6.45, 7) is 1.58. The molecular formula is C20H18N2O3. The number of carbonyl (C=O) groups is 2. The Bertz CT molecular complexity index is 919. The van der Waals surface area contributed by atoms with Gasteiger partial charge in [-0.2, -0.15) is 0 Å². The van der Waals surface area contributed by atoms with E-state index < -0.39 is 11.4 Å². The number of hydrogen-bond acceptors (Lipinski definition) is 3. The van der Waals surface area contributed by atoms with Crippen LogP contribution >= 0.6 is 0 Å². The molecule has 0 aliphatic heterocycles. The van der Waals surface area contributed by atoms with E-state index in [9.17, 15) is 14.7 Å². The monoisotopic (exact) mass is 334 g/mol. The van der Waals surface area contributed by atoms with Crippen LogP contribution in [0, 0.1) is 0 Å². The van der Waals surface area contributed by atoms with Crippen molar-refractivity contribution < 1.29 is 14.7 Å². The maximum absolute atomic E-state index is 12.6. The van der Waals surface area contributed by atoms with Crippen LogP contribution in [0.25, 0.3) is 10.8 Å². The Balaban J connectivity index is 1.86. The molecule has 0 saturated heterocycles. The number of benzene rings is 2. The molecule has 0 bridgehead atoms. The molecule has 126 valence electrons. The molecule has 1 aromatic heterocycles. The summed E-state index contributed by atoms with van der Waals surface area (Å²) in [6.07, 6.45) is 3.19. The molecule has 3 aromatic rings. The number of aliphatic carboxylic acids is 1. The Kier molecular flexibility index (Phi) is 4.48. The largest absolute Gasteiger partial charge is 0.481 e. The molecule has 3 rings (SSSR count). The topological polar surface area (TPSA) is 79.3 Å². The average molecular weight is 334 g/mol. The Morgan fingerprint density at radius 2 is 1.72 bits per heavy atom. The lowest BCUT2D eigenvalue weighted by Crippen LogP contribution is -2.44. The zero-order valence-corrected chi connectivity index (χ0v) is 13.8. The van der Waals surface area contributed by atoms with Crippen LogP contribution in [0.2, 0.25) is 0 Å². The van der Waals surface area contributed by atoms with E-state index in [1.165, 1.54) is 6.20 Å². The van der Waals surface area contributed by atoms with Gasteiger partial charge in [0.2, 0.25) is 0 Å². The van der Waals surface area contributed by atoms with E-state index in [-0.39, 0.29) is 12.5 Å². The van der Waals surface area contributed by atoms with Gasteiger partial charge in [0.15, 0.2) is 0 Å². The Morgan fingerprint density at radius 1 is 1.04 bits per heavy atom. The number of amides is 1. The van der Waals surface area contributed by atoms with Crippen molar-refractivity contribution >= 4 is 22.6 Å². The van der Waals surface area contributed by atoms with Crippen molar-refractivity contribution in [3.63, 3.8) is 0 Å². The minimum atomic E-state index is -1.21. The van der Waals surface area contributed by atoms with Gasteiger partial charge in [-0.05, 0) is 17.9 Å². The molecule has 0 aliphatic carbocycles. The molecule has 0 saturated carbocycles. The molecule has 1 amide bonds. The van der Waals surface area contributed by atoms with E-state index in [1.54, 1.807) is 37.4 Å². The highest BCUT2D eigenvalue weighted by Gasteiger charge is 2.35. The van der Waals surface area contributed by atoms with E-state index in [0.717, 1.165) is 10.8 Å². The second-order valence-corrected chi connectivity index (χ2v) is 6.09. The maximum atomic E-state index is 12.6. The first-order chi connectivity index (χ1) is 12.0. The molecule has 1 heterocycles. The Hall–Kier alpha value is -3.21. The molecule has 25 heavy (non-hydrogen) atoms. The van der Waals surface area contributed by atoms with Crippen LogP contribution in [-0.4, -0.2) is 28.5 Å². The normalized spacial score (nSPS) is 13.2. The first-order valence-corrected chi connectivity index (χ1v) is 7.92. The third kappa shape index (κ3) is 3.21. The van der Waals surface area contributed by atoms with Gasteiger partial charge in [-0.1, -0.05) is 54.6 Å². The van der Waals surface area contributed by atoms with Gasteiger partial charge >= 0.3 is 5.97 Å². The summed E-state index contributed by atoms with van der Waals surface area (Å²) in [5.41, 5.74) is -0.146. The number of fused-ring (bicyclic) bond motifs is 1. The molecule has 2 N–H and O–H groups in total. The molecule has 5 nitrogen and oxygen atoms in total. The summed E-state index contributed by atoms with van der Waals surface area (Å²) >= 11 is 0. The fourth-order valence-corrected chi connectivity index (χ4v) is 2.76. The number of carboxylic acids is 1. The number of nitrogens with zero attached hydrogens (tertiary/aromatic N) is 1. The third-order valence-electron chi connectivity index (χ3n) is 4.40. The fourth-order valence-electron chi connectivity index (χ4n) is 2.76. The van der Waals surface area contributed by atoms with Gasteiger partial charge in [0.1, 0.15) is 5.41 Å². The molecule has 1 unspecified atom stereocenters. The predicted octanol–water partition coefficient (Wildman–Crippen LogP) is 3.01. The van der Waals surface area contributed by atoms with E-state index in [4.69, 9.17) is 0 Å². The van der Waals surface area contributed by atoms with Crippen LogP contribution < -0.4 is 5.32 Å². The zero-order chi connectivity index (χ0) is 17.9. The highest BCUT2D eigenvalue weighted by molar-refractivity contribution is 6.06. The van der Waals surface area contributed by atoms with Crippen molar-refractivity contribution in [3.8, 4) is 0 Å². The first-order valence-electron chi connectivity index (χ1n) is 7.92. The second kappa shape index (κ2) is 6.73. The summed E-state index contributed by atoms with van der Waals surface area (Å²) in [4.78, 5) is 28.5. The van der Waals surface area contributed by atoms with Crippen LogP contribution in [0.5, 0.6) is 0 Å². The van der Waals surface area contributed by atoms with Gasteiger partial charge in [0.05, 0.1) is 5.56 Å². The Morgan fingerprint density at radius 3 is 2.44 bits per heavy atom. The van der Waals surface area contributed by atoms with Crippen LogP contribution in [-0.2, 0) is 10.2 Å². The molecule has 5 heteroatoms. The second-order valence-electron chi connectivity index (χ2n) is 6.09. The summed E-state index contributed by atoms with van der Waals surface area (Å²) in [6, 6.07) is 16.3. The summed E-state index contributed by atoms with van der Waals surface area (Å²) in [5.74, 6) is -1.33. The summed E-state index contributed by atoms with van der Waals surface area (Å²) in [7, 11) is 0. The number of hydrogen-bond donors (Lipinski definition) is 2. The molecule has 0 aliphatic rings. The maximum Gasteiger partial charge on any atom is 0.315 e. The third-order valence-corrected chi connectivity index (χ3v) is 4.40. The molecule has 0 radical (unpaired) electrons. The highest BCUT2D eigenvalue weighted by Crippen LogP contribution is 2.24. The minimum Gasteiger partial charge on any atom is -0.481 e. The van der Waals surface area contributed by atoms with Gasteiger partial charge in [0, 0.05) is 24.3 Å². The van der Waals surface area contributed by atoms with Crippen molar-refractivity contribution in [2.24, 2.45) is 0 Å². The van der Waals surface area contributed by atoms with Crippen LogP contribution in [0.4, 0.5) is 0 Å². The SMILES string of the molecule is CC(CNC(=O)c1cncc2ccccc12)(C(=O)O)c1ccccc1. The lowest BCUT2D eigenvalue weighted by atomic mass is 9.82. The molecule has 0 fully saturated rings. The quantitative estimate of drug-likeness (QED) is 0.752. The first kappa shape index (κ1) is 16.6. The van der Waals surface area contributed by atoms with Crippen molar-refractivity contribution in [2.75, 3.05) is 6.54 Å². The molecule has 1 atom stereocenters. The Labute approximate surface area is 145 Å². The zero-order valence-electron chi connectivity index (χ0n) is 13.8. The smallest absolute Gasteiger partial charge is 0.315 e. The number of pyridine rings is 1. The van der Waals surface area contributed by atoms with E-state index >= 15 is 0 Å². The number of carboxylic acid groups (broad SMARTS) is 1. The van der Waals surface area contributed by atoms with E-state index in [0.29, 0.717) is 11.1 Å². The van der Waals surface area contributed by atoms with Gasteiger partial charge in [-0.15, -0.1) is 0 Å². The number of carbonyl (C=O) groups excluding carboxylic acids is 1. The fraction of sp³-hybridized carbons (Fsp3) is 0.150. The lowest BCUT2D eigenvalue weighted by Gasteiger charge is -2.25. The van der Waals surface area contributed by atoms with Crippen LogP contribution in [0.1, 0.15) is 22.8 Å². The van der Waals surface area contributed by atoms with Crippen molar-refractivity contribution in [3.05, 3.63) is 78.1 Å². The van der Waals surface area contributed by atoms with Crippen molar-refractivity contribution in [2.45, 2.75) is 12.3 Å². The van der Waals surface area contributed by atoms with E-state index in [2.05, 4.69) is 10.3 Å². The van der Waals surface area contributed by atoms with Crippen molar-refractivity contribution in [1.29, 1.82) is 0 Å². The molecule has 2 aromatic carbocycles.